The number of alkyl halides is 3. The number of nitrogens with zero attached hydrogens (tertiary/aromatic N) is 1. The number of halogens is 3. The van der Waals surface area contributed by atoms with Gasteiger partial charge in [0.25, 0.3) is 5.91 Å². The molecule has 8 heteroatoms. The largest absolute Gasteiger partial charge is 0.418 e. The van der Waals surface area contributed by atoms with Gasteiger partial charge in [0.15, 0.2) is 0 Å². The minimum Gasteiger partial charge on any atom is -0.383 e. The average Bonchev–Trinajstić information content (AvgIpc) is 2.44. The van der Waals surface area contributed by atoms with Crippen molar-refractivity contribution in [1.82, 2.24) is 4.90 Å². The first-order valence-corrected chi connectivity index (χ1v) is 6.16. The van der Waals surface area contributed by atoms with E-state index in [4.69, 9.17) is 10.6 Å². The molecule has 0 aliphatic rings. The van der Waals surface area contributed by atoms with E-state index in [9.17, 15) is 18.0 Å². The van der Waals surface area contributed by atoms with Crippen LogP contribution in [-0.2, 0) is 10.9 Å². The molecule has 0 saturated carbocycles. The Labute approximate surface area is 120 Å². The summed E-state index contributed by atoms with van der Waals surface area (Å²) in [6.45, 7) is 2.03. The van der Waals surface area contributed by atoms with E-state index in [2.05, 4.69) is 0 Å². The van der Waals surface area contributed by atoms with Crippen molar-refractivity contribution in [3.8, 4) is 0 Å². The molecule has 1 atom stereocenters. The number of nitrogens with two attached hydrogens (primary N) is 1. The molecule has 0 aromatic heterocycles. The van der Waals surface area contributed by atoms with Crippen LogP contribution >= 0.6 is 0 Å². The molecular formula is C13H18F3N3O2. The summed E-state index contributed by atoms with van der Waals surface area (Å²) in [5.41, 5.74) is 0.644. The number of nitrogens with one attached hydrogen (secondary N) is 1. The second-order valence-electron chi connectivity index (χ2n) is 4.62. The lowest BCUT2D eigenvalue weighted by molar-refractivity contribution is -0.137. The number of methoxy groups -OCH3 is 1. The Morgan fingerprint density at radius 3 is 2.57 bits per heavy atom. The summed E-state index contributed by atoms with van der Waals surface area (Å²) in [6.07, 6.45) is -4.60. The number of rotatable bonds is 5. The molecule has 1 aromatic rings. The van der Waals surface area contributed by atoms with Crippen LogP contribution in [0.5, 0.6) is 0 Å². The number of anilines is 1. The first-order valence-electron chi connectivity index (χ1n) is 6.16. The van der Waals surface area contributed by atoms with E-state index in [1.165, 1.54) is 25.1 Å². The molecule has 0 heterocycles. The lowest BCUT2D eigenvalue weighted by atomic mass is 10.1. The van der Waals surface area contributed by atoms with Crippen LogP contribution in [0.1, 0.15) is 22.8 Å². The molecule has 0 bridgehead atoms. The van der Waals surface area contributed by atoms with Crippen molar-refractivity contribution >= 4 is 11.6 Å². The highest BCUT2D eigenvalue weighted by atomic mass is 19.4. The van der Waals surface area contributed by atoms with E-state index in [0.717, 1.165) is 12.1 Å². The number of hydrogen-bond acceptors (Lipinski definition) is 4. The SMILES string of the molecule is COCC(C)N(C)C(=O)c1ccc(NN)c(C(F)(F)F)c1. The van der Waals surface area contributed by atoms with E-state index in [1.54, 1.807) is 6.92 Å². The van der Waals surface area contributed by atoms with Crippen molar-refractivity contribution in [2.45, 2.75) is 19.1 Å². The maximum atomic E-state index is 12.9. The molecule has 0 fully saturated rings. The third-order valence-corrected chi connectivity index (χ3v) is 3.12. The minimum absolute atomic E-state index is 0.0632. The lowest BCUT2D eigenvalue weighted by Crippen LogP contribution is -2.38. The summed E-state index contributed by atoms with van der Waals surface area (Å²) in [6, 6.07) is 2.95. The van der Waals surface area contributed by atoms with E-state index < -0.39 is 17.6 Å². The van der Waals surface area contributed by atoms with Crippen LogP contribution < -0.4 is 11.3 Å². The summed E-state index contributed by atoms with van der Waals surface area (Å²) in [4.78, 5) is 13.5. The van der Waals surface area contributed by atoms with Gasteiger partial charge in [-0.2, -0.15) is 13.2 Å². The number of carbonyl (C=O) groups is 1. The third-order valence-electron chi connectivity index (χ3n) is 3.12. The Balaban J connectivity index is 3.12. The van der Waals surface area contributed by atoms with Crippen LogP contribution in [0.15, 0.2) is 18.2 Å². The Hall–Kier alpha value is -1.80. The molecule has 5 nitrogen and oxygen atoms in total. The van der Waals surface area contributed by atoms with E-state index in [-0.39, 0.29) is 23.9 Å². The standard InChI is InChI=1S/C13H18F3N3O2/c1-8(7-21-3)19(2)12(20)9-4-5-11(18-17)10(6-9)13(14,15)16/h4-6,8,18H,7,17H2,1-3H3. The monoisotopic (exact) mass is 305 g/mol. The Morgan fingerprint density at radius 2 is 2.10 bits per heavy atom. The number of amides is 1. The fraction of sp³-hybridized carbons (Fsp3) is 0.462. The van der Waals surface area contributed by atoms with E-state index in [1.807, 2.05) is 5.43 Å². The molecule has 1 unspecified atom stereocenters. The molecule has 21 heavy (non-hydrogen) atoms. The van der Waals surface area contributed by atoms with E-state index >= 15 is 0 Å². The van der Waals surface area contributed by atoms with Gasteiger partial charge in [-0.25, -0.2) is 0 Å². The molecule has 0 aliphatic carbocycles. The number of carbonyl (C=O) groups excluding carboxylic acids is 1. The van der Waals surface area contributed by atoms with Gasteiger partial charge >= 0.3 is 6.18 Å². The van der Waals surface area contributed by atoms with Gasteiger partial charge in [-0.3, -0.25) is 10.6 Å². The van der Waals surface area contributed by atoms with E-state index in [0.29, 0.717) is 0 Å². The molecule has 1 aromatic carbocycles. The Morgan fingerprint density at radius 1 is 1.48 bits per heavy atom. The summed E-state index contributed by atoms with van der Waals surface area (Å²) in [5.74, 6) is 4.54. The number of ether oxygens (including phenoxy) is 1. The number of benzene rings is 1. The van der Waals surface area contributed by atoms with Crippen molar-refractivity contribution < 1.29 is 22.7 Å². The van der Waals surface area contributed by atoms with Crippen molar-refractivity contribution in [3.05, 3.63) is 29.3 Å². The molecule has 1 amide bonds. The van der Waals surface area contributed by atoms with Crippen LogP contribution in [0.2, 0.25) is 0 Å². The van der Waals surface area contributed by atoms with Gasteiger partial charge in [-0.1, -0.05) is 0 Å². The predicted octanol–water partition coefficient (Wildman–Crippen LogP) is 2.10. The summed E-state index contributed by atoms with van der Waals surface area (Å²) < 4.78 is 43.7. The second-order valence-corrected chi connectivity index (χ2v) is 4.62. The van der Waals surface area contributed by atoms with Gasteiger partial charge in [-0.15, -0.1) is 0 Å². The zero-order valence-corrected chi connectivity index (χ0v) is 12.0. The molecular weight excluding hydrogens is 287 g/mol. The highest BCUT2D eigenvalue weighted by Crippen LogP contribution is 2.35. The van der Waals surface area contributed by atoms with Crippen LogP contribution in [-0.4, -0.2) is 37.6 Å². The molecule has 1 rings (SSSR count). The lowest BCUT2D eigenvalue weighted by Gasteiger charge is -2.25. The van der Waals surface area contributed by atoms with Crippen LogP contribution in [0.3, 0.4) is 0 Å². The van der Waals surface area contributed by atoms with Crippen LogP contribution in [0.25, 0.3) is 0 Å². The van der Waals surface area contributed by atoms with Gasteiger partial charge in [0.2, 0.25) is 0 Å². The first kappa shape index (κ1) is 17.3. The summed E-state index contributed by atoms with van der Waals surface area (Å²) in [7, 11) is 2.99. The van der Waals surface area contributed by atoms with Gasteiger partial charge in [-0.05, 0) is 25.1 Å². The quantitative estimate of drug-likeness (QED) is 0.646. The van der Waals surface area contributed by atoms with Gasteiger partial charge < -0.3 is 15.1 Å². The molecule has 0 aliphatic heterocycles. The summed E-state index contributed by atoms with van der Waals surface area (Å²) >= 11 is 0. The highest BCUT2D eigenvalue weighted by Gasteiger charge is 2.34. The maximum Gasteiger partial charge on any atom is 0.418 e. The van der Waals surface area contributed by atoms with Gasteiger partial charge in [0.1, 0.15) is 0 Å². The Bertz CT molecular complexity index is 506. The second kappa shape index (κ2) is 6.77. The number of hydrogen-bond donors (Lipinski definition) is 2. The van der Waals surface area contributed by atoms with Crippen LogP contribution in [0, 0.1) is 0 Å². The Kier molecular flexibility index (Phi) is 5.56. The van der Waals surface area contributed by atoms with Crippen molar-refractivity contribution in [3.63, 3.8) is 0 Å². The van der Waals surface area contributed by atoms with Gasteiger partial charge in [0.05, 0.1) is 23.9 Å². The third kappa shape index (κ3) is 4.08. The zero-order chi connectivity index (χ0) is 16.2. The van der Waals surface area contributed by atoms with Crippen molar-refractivity contribution in [2.24, 2.45) is 5.84 Å². The molecule has 0 radical (unpaired) electrons. The number of hydrazine groups is 1. The first-order chi connectivity index (χ1) is 9.72. The molecule has 118 valence electrons. The summed E-state index contributed by atoms with van der Waals surface area (Å²) in [5, 5.41) is 0. The minimum atomic E-state index is -4.60. The number of likely N-dealkylation sites (N-methyl/N-ethyl adjacent to an activating group) is 1. The fourth-order valence-electron chi connectivity index (χ4n) is 1.79. The molecule has 3 N–H and O–H groups in total. The zero-order valence-electron chi connectivity index (χ0n) is 12.0. The smallest absolute Gasteiger partial charge is 0.383 e. The average molecular weight is 305 g/mol. The number of nitrogen functional groups attached to an aromatic ring is 1. The topological polar surface area (TPSA) is 67.6 Å². The maximum absolute atomic E-state index is 12.9. The van der Waals surface area contributed by atoms with Crippen molar-refractivity contribution in [1.29, 1.82) is 0 Å². The molecule has 0 spiro atoms. The van der Waals surface area contributed by atoms with Gasteiger partial charge in [0, 0.05) is 19.7 Å². The predicted molar refractivity (Wildman–Crippen MR) is 72.7 cm³/mol. The molecule has 0 saturated heterocycles. The fourth-order valence-corrected chi connectivity index (χ4v) is 1.79. The highest BCUT2D eigenvalue weighted by molar-refractivity contribution is 5.95. The normalized spacial score (nSPS) is 12.9. The van der Waals surface area contributed by atoms with Crippen molar-refractivity contribution in [2.75, 3.05) is 26.2 Å². The van der Waals surface area contributed by atoms with Crippen LogP contribution in [0.4, 0.5) is 18.9 Å².